The third-order valence-corrected chi connectivity index (χ3v) is 3.39. The second-order valence-corrected chi connectivity index (χ2v) is 4.72. The Balaban J connectivity index is 2.13. The van der Waals surface area contributed by atoms with Crippen LogP contribution in [-0.4, -0.2) is 24.5 Å². The molecule has 94 valence electrons. The van der Waals surface area contributed by atoms with Gasteiger partial charge in [0.2, 0.25) is 0 Å². The molecule has 0 fully saturated rings. The van der Waals surface area contributed by atoms with Gasteiger partial charge in [-0.2, -0.15) is 0 Å². The molecule has 5 heteroatoms. The summed E-state index contributed by atoms with van der Waals surface area (Å²) in [6.45, 7) is 2.85. The molecule has 0 aromatic carbocycles. The van der Waals surface area contributed by atoms with Crippen LogP contribution in [0.1, 0.15) is 16.6 Å². The molecule has 0 radical (unpaired) electrons. The highest BCUT2D eigenvalue weighted by molar-refractivity contribution is 7.12. The van der Waals surface area contributed by atoms with E-state index < -0.39 is 0 Å². The van der Waals surface area contributed by atoms with Crippen molar-refractivity contribution in [1.29, 1.82) is 0 Å². The molecule has 0 bridgehead atoms. The number of thiophene rings is 1. The van der Waals surface area contributed by atoms with E-state index >= 15 is 0 Å². The molecule has 1 N–H and O–H groups in total. The van der Waals surface area contributed by atoms with Crippen molar-refractivity contribution >= 4 is 28.7 Å². The van der Waals surface area contributed by atoms with Gasteiger partial charge >= 0.3 is 0 Å². The lowest BCUT2D eigenvalue weighted by Gasteiger charge is -2.16. The van der Waals surface area contributed by atoms with Crippen LogP contribution in [0.5, 0.6) is 0 Å². The Labute approximate surface area is 110 Å². The average molecular weight is 261 g/mol. The maximum Gasteiger partial charge on any atom is 0.268 e. The Bertz CT molecular complexity index is 508. The van der Waals surface area contributed by atoms with Crippen molar-refractivity contribution in [2.45, 2.75) is 6.92 Å². The van der Waals surface area contributed by atoms with Crippen molar-refractivity contribution in [3.8, 4) is 0 Å². The summed E-state index contributed by atoms with van der Waals surface area (Å²) in [7, 11) is 1.76. The summed E-state index contributed by atoms with van der Waals surface area (Å²) in [4.78, 5) is 18.7. The van der Waals surface area contributed by atoms with E-state index in [0.717, 1.165) is 22.9 Å². The van der Waals surface area contributed by atoms with Crippen LogP contribution in [0.2, 0.25) is 0 Å². The monoisotopic (exact) mass is 261 g/mol. The van der Waals surface area contributed by atoms with Crippen LogP contribution in [-0.2, 0) is 0 Å². The van der Waals surface area contributed by atoms with E-state index in [4.69, 9.17) is 0 Å². The lowest BCUT2D eigenvalue weighted by atomic mass is 10.3. The first-order valence-electron chi connectivity index (χ1n) is 5.74. The fraction of sp³-hybridized carbons (Fsp3) is 0.231. The third kappa shape index (κ3) is 2.68. The Morgan fingerprint density at radius 2 is 2.28 bits per heavy atom. The van der Waals surface area contributed by atoms with Gasteiger partial charge in [-0.15, -0.1) is 11.3 Å². The number of hydrogen-bond donors (Lipinski definition) is 1. The van der Waals surface area contributed by atoms with Crippen LogP contribution < -0.4 is 10.2 Å². The van der Waals surface area contributed by atoms with Gasteiger partial charge in [-0.3, -0.25) is 4.79 Å². The Hall–Kier alpha value is -1.88. The Morgan fingerprint density at radius 1 is 1.44 bits per heavy atom. The molecular formula is C13H15N3OS. The van der Waals surface area contributed by atoms with Crippen LogP contribution in [0.15, 0.2) is 35.8 Å². The molecule has 2 aromatic heterocycles. The quantitative estimate of drug-likeness (QED) is 0.920. The smallest absolute Gasteiger partial charge is 0.268 e. The van der Waals surface area contributed by atoms with Gasteiger partial charge in [-0.25, -0.2) is 4.98 Å². The fourth-order valence-corrected chi connectivity index (χ4v) is 2.25. The van der Waals surface area contributed by atoms with Gasteiger partial charge in [0.25, 0.3) is 5.91 Å². The van der Waals surface area contributed by atoms with Crippen molar-refractivity contribution < 1.29 is 4.79 Å². The molecule has 0 saturated carbocycles. The third-order valence-electron chi connectivity index (χ3n) is 2.53. The Morgan fingerprint density at radius 3 is 2.83 bits per heavy atom. The topological polar surface area (TPSA) is 45.2 Å². The molecule has 0 atom stereocenters. The van der Waals surface area contributed by atoms with E-state index in [0.29, 0.717) is 0 Å². The molecule has 0 aliphatic rings. The zero-order chi connectivity index (χ0) is 13.0. The fourth-order valence-electron chi connectivity index (χ4n) is 1.55. The van der Waals surface area contributed by atoms with E-state index in [1.54, 1.807) is 18.1 Å². The van der Waals surface area contributed by atoms with Gasteiger partial charge in [0.15, 0.2) is 0 Å². The minimum atomic E-state index is -0.0111. The largest absolute Gasteiger partial charge is 0.370 e. The minimum Gasteiger partial charge on any atom is -0.370 e. The first-order chi connectivity index (χ1) is 8.72. The predicted molar refractivity (Wildman–Crippen MR) is 75.5 cm³/mol. The summed E-state index contributed by atoms with van der Waals surface area (Å²) in [5.41, 5.74) is 0.787. The minimum absolute atomic E-state index is 0.0111. The molecule has 1 amide bonds. The molecule has 0 saturated heterocycles. The van der Waals surface area contributed by atoms with Gasteiger partial charge < -0.3 is 10.2 Å². The molecule has 2 heterocycles. The summed E-state index contributed by atoms with van der Waals surface area (Å²) in [6, 6.07) is 7.45. The molecule has 0 spiro atoms. The summed E-state index contributed by atoms with van der Waals surface area (Å²) in [5, 5.41) is 5.01. The number of aromatic nitrogens is 1. The van der Waals surface area contributed by atoms with Crippen molar-refractivity contribution in [2.75, 3.05) is 23.8 Å². The molecule has 0 unspecified atom stereocenters. The zero-order valence-electron chi connectivity index (χ0n) is 10.4. The number of hydrogen-bond acceptors (Lipinski definition) is 4. The number of amides is 1. The number of nitrogens with one attached hydrogen (secondary N) is 1. The van der Waals surface area contributed by atoms with Gasteiger partial charge in [0.05, 0.1) is 16.8 Å². The van der Waals surface area contributed by atoms with Crippen molar-refractivity contribution in [3.05, 3.63) is 40.7 Å². The molecule has 0 aliphatic carbocycles. The van der Waals surface area contributed by atoms with E-state index in [9.17, 15) is 4.79 Å². The summed E-state index contributed by atoms with van der Waals surface area (Å²) >= 11 is 1.44. The Kier molecular flexibility index (Phi) is 3.94. The summed E-state index contributed by atoms with van der Waals surface area (Å²) in [5.74, 6) is 0.807. The number of pyridine rings is 1. The van der Waals surface area contributed by atoms with E-state index in [1.165, 1.54) is 11.3 Å². The number of rotatable bonds is 4. The number of carbonyl (C=O) groups is 1. The van der Waals surface area contributed by atoms with Gasteiger partial charge in [0.1, 0.15) is 5.82 Å². The highest BCUT2D eigenvalue weighted by Crippen LogP contribution is 2.18. The first-order valence-corrected chi connectivity index (χ1v) is 6.62. The number of nitrogens with zero attached hydrogens (tertiary/aromatic N) is 2. The maximum atomic E-state index is 12.1. The van der Waals surface area contributed by atoms with Crippen LogP contribution >= 0.6 is 11.3 Å². The van der Waals surface area contributed by atoms with Gasteiger partial charge in [-0.05, 0) is 30.5 Å². The first kappa shape index (κ1) is 12.6. The van der Waals surface area contributed by atoms with Crippen LogP contribution in [0, 0.1) is 0 Å². The molecule has 4 nitrogen and oxygen atoms in total. The summed E-state index contributed by atoms with van der Waals surface area (Å²) in [6.07, 6.45) is 1.70. The van der Waals surface area contributed by atoms with Crippen molar-refractivity contribution in [3.63, 3.8) is 0 Å². The molecule has 2 rings (SSSR count). The average Bonchev–Trinajstić information content (AvgIpc) is 2.92. The highest BCUT2D eigenvalue weighted by Gasteiger charge is 2.14. The zero-order valence-corrected chi connectivity index (χ0v) is 11.2. The number of anilines is 2. The van der Waals surface area contributed by atoms with Crippen molar-refractivity contribution in [2.24, 2.45) is 0 Å². The number of carbonyl (C=O) groups excluding carboxylic acids is 1. The van der Waals surface area contributed by atoms with Gasteiger partial charge in [-0.1, -0.05) is 6.07 Å². The normalized spacial score (nSPS) is 10.1. The van der Waals surface area contributed by atoms with E-state index in [2.05, 4.69) is 10.3 Å². The molecule has 0 aliphatic heterocycles. The molecule has 18 heavy (non-hydrogen) atoms. The van der Waals surface area contributed by atoms with Crippen molar-refractivity contribution in [1.82, 2.24) is 4.98 Å². The lowest BCUT2D eigenvalue weighted by molar-refractivity contribution is 0.0997. The van der Waals surface area contributed by atoms with Crippen LogP contribution in [0.4, 0.5) is 11.5 Å². The van der Waals surface area contributed by atoms with Crippen LogP contribution in [0.3, 0.4) is 0 Å². The maximum absolute atomic E-state index is 12.1. The van der Waals surface area contributed by atoms with Gasteiger partial charge in [0, 0.05) is 13.6 Å². The predicted octanol–water partition coefficient (Wildman–Crippen LogP) is 2.85. The lowest BCUT2D eigenvalue weighted by Crippen LogP contribution is -2.25. The van der Waals surface area contributed by atoms with E-state index in [-0.39, 0.29) is 5.91 Å². The second-order valence-electron chi connectivity index (χ2n) is 3.77. The second kappa shape index (κ2) is 5.64. The van der Waals surface area contributed by atoms with E-state index in [1.807, 2.05) is 36.6 Å². The van der Waals surface area contributed by atoms with Crippen LogP contribution in [0.25, 0.3) is 0 Å². The SMILES string of the molecule is CCNc1ccc(N(C)C(=O)c2cccs2)cn1. The summed E-state index contributed by atoms with van der Waals surface area (Å²) < 4.78 is 0. The molecular weight excluding hydrogens is 246 g/mol. The standard InChI is InChI=1S/C13H15N3OS/c1-3-14-12-7-6-10(9-15-12)16(2)13(17)11-5-4-8-18-11/h4-9H,3H2,1-2H3,(H,14,15). The molecule has 2 aromatic rings. The highest BCUT2D eigenvalue weighted by atomic mass is 32.1.